The van der Waals surface area contributed by atoms with Crippen LogP contribution in [0.5, 0.6) is 0 Å². The van der Waals surface area contributed by atoms with E-state index in [1.807, 2.05) is 123 Å². The molecule has 5 atom stereocenters. The highest BCUT2D eigenvalue weighted by molar-refractivity contribution is 7.44. The normalized spacial score (nSPS) is 20.1. The fourth-order valence-electron chi connectivity index (χ4n) is 6.18. The summed E-state index contributed by atoms with van der Waals surface area (Å²) in [6, 6.07) is 32.4. The predicted molar refractivity (Wildman–Crippen MR) is 185 cm³/mol. The Kier molecular flexibility index (Phi) is 12.3. The second-order valence-electron chi connectivity index (χ2n) is 12.2. The van der Waals surface area contributed by atoms with Crippen molar-refractivity contribution in [3.8, 4) is 6.07 Å². The third-order valence-corrected chi connectivity index (χ3v) is 10.4. The molecule has 3 aromatic carbocycles. The lowest BCUT2D eigenvalue weighted by Gasteiger charge is -2.39. The van der Waals surface area contributed by atoms with E-state index in [9.17, 15) is 14.9 Å². The summed E-state index contributed by atoms with van der Waals surface area (Å²) in [5, 5.41) is 9.21. The molecule has 4 aromatic rings. The molecule has 0 aliphatic carbocycles. The minimum Gasteiger partial charge on any atom is -0.358 e. The van der Waals surface area contributed by atoms with Crippen molar-refractivity contribution < 1.29 is 22.9 Å². The van der Waals surface area contributed by atoms with Gasteiger partial charge in [0, 0.05) is 24.3 Å². The van der Waals surface area contributed by atoms with E-state index in [-0.39, 0.29) is 31.7 Å². The van der Waals surface area contributed by atoms with Gasteiger partial charge in [0.15, 0.2) is 12.4 Å². The van der Waals surface area contributed by atoms with Gasteiger partial charge in [-0.15, -0.1) is 0 Å². The van der Waals surface area contributed by atoms with Crippen LogP contribution in [-0.2, 0) is 24.1 Å². The van der Waals surface area contributed by atoms with E-state index in [2.05, 4.69) is 11.1 Å². The second-order valence-corrected chi connectivity index (χ2v) is 13.6. The van der Waals surface area contributed by atoms with Crippen molar-refractivity contribution in [2.75, 3.05) is 13.2 Å². The molecule has 1 fully saturated rings. The van der Waals surface area contributed by atoms with Crippen LogP contribution < -0.4 is 11.2 Å². The lowest BCUT2D eigenvalue weighted by Crippen LogP contribution is -2.41. The fraction of sp³-hybridized carbons (Fsp3) is 0.378. The predicted octanol–water partition coefficient (Wildman–Crippen LogP) is 6.44. The Labute approximate surface area is 287 Å². The van der Waals surface area contributed by atoms with Crippen molar-refractivity contribution in [1.29, 1.82) is 5.26 Å². The Morgan fingerprint density at radius 1 is 0.918 bits per heavy atom. The fourth-order valence-corrected chi connectivity index (χ4v) is 7.94. The Morgan fingerprint density at radius 3 is 1.92 bits per heavy atom. The molecule has 49 heavy (non-hydrogen) atoms. The largest absolute Gasteiger partial charge is 0.358 e. The smallest absolute Gasteiger partial charge is 0.330 e. The topological polar surface area (TPSA) is 119 Å². The Balaban J connectivity index is 1.58. The van der Waals surface area contributed by atoms with Crippen LogP contribution in [0.3, 0.4) is 0 Å². The zero-order chi connectivity index (χ0) is 35.0. The van der Waals surface area contributed by atoms with E-state index < -0.39 is 50.0 Å². The van der Waals surface area contributed by atoms with Gasteiger partial charge in [-0.25, -0.2) is 13.9 Å². The average Bonchev–Trinajstić information content (AvgIpc) is 3.40. The van der Waals surface area contributed by atoms with Gasteiger partial charge in [-0.1, -0.05) is 91.0 Å². The number of hydrogen-bond acceptors (Lipinski definition) is 8. The van der Waals surface area contributed by atoms with Crippen LogP contribution in [0.25, 0.3) is 0 Å². The summed E-state index contributed by atoms with van der Waals surface area (Å²) >= 11 is 0. The molecule has 2 unspecified atom stereocenters. The first-order valence-electron chi connectivity index (χ1n) is 16.3. The molecule has 1 aliphatic rings. The highest BCUT2D eigenvalue weighted by Gasteiger charge is 2.51. The zero-order valence-corrected chi connectivity index (χ0v) is 28.9. The molecule has 0 saturated carbocycles. The van der Waals surface area contributed by atoms with Gasteiger partial charge in [-0.05, 0) is 44.4 Å². The minimum atomic E-state index is -1.89. The van der Waals surface area contributed by atoms with E-state index in [0.717, 1.165) is 27.3 Å². The number of hydrogen-bond donors (Lipinski definition) is 1. The average molecular weight is 689 g/mol. The molecule has 0 radical (unpaired) electrons. The molecule has 1 saturated heterocycles. The van der Waals surface area contributed by atoms with Crippen molar-refractivity contribution in [1.82, 2.24) is 14.2 Å². The molecule has 258 valence electrons. The molecule has 5 rings (SSSR count). The Morgan fingerprint density at radius 2 is 1.45 bits per heavy atom. The maximum absolute atomic E-state index is 16.8. The summed E-state index contributed by atoms with van der Waals surface area (Å²) in [5.74, 6) is 0. The van der Waals surface area contributed by atoms with Crippen molar-refractivity contribution in [2.24, 2.45) is 0 Å². The molecular formula is C37H42FN4O6P. The molecule has 1 N–H and O–H groups in total. The first kappa shape index (κ1) is 36.3. The monoisotopic (exact) mass is 688 g/mol. The number of nitrogens with one attached hydrogen (secondary N) is 1. The first-order chi connectivity index (χ1) is 23.7. The van der Waals surface area contributed by atoms with Crippen LogP contribution in [0.15, 0.2) is 113 Å². The number of ether oxygens (including phenoxy) is 2. The van der Waals surface area contributed by atoms with Crippen molar-refractivity contribution in [2.45, 2.75) is 76.4 Å². The first-order valence-corrected chi connectivity index (χ1v) is 17.5. The molecule has 10 nitrogen and oxygen atoms in total. The molecule has 0 amide bonds. The van der Waals surface area contributed by atoms with Gasteiger partial charge in [-0.2, -0.15) is 5.26 Å². The number of nitriles is 1. The zero-order valence-electron chi connectivity index (χ0n) is 28.0. The van der Waals surface area contributed by atoms with Gasteiger partial charge in [0.05, 0.1) is 25.7 Å². The van der Waals surface area contributed by atoms with Crippen LogP contribution in [0, 0.1) is 11.3 Å². The number of H-pyrrole nitrogens is 1. The molecule has 12 heteroatoms. The van der Waals surface area contributed by atoms with Gasteiger partial charge < -0.3 is 18.5 Å². The van der Waals surface area contributed by atoms with Crippen molar-refractivity contribution >= 4 is 8.53 Å². The van der Waals surface area contributed by atoms with Gasteiger partial charge >= 0.3 is 5.69 Å². The summed E-state index contributed by atoms with van der Waals surface area (Å²) < 4.78 is 45.8. The SMILES string of the molecule is CC(C)N(C(C)C)P(OCCC#N)O[C@@H]1C(F)[C@H](n2ccc(=O)[nH]c2=O)O[C@@H]1COC(c1ccccc1)(c1ccccc1)c1ccccc1. The van der Waals surface area contributed by atoms with E-state index in [1.165, 1.54) is 6.20 Å². The number of halogens is 1. The van der Waals surface area contributed by atoms with Gasteiger partial charge in [0.1, 0.15) is 17.8 Å². The summed E-state index contributed by atoms with van der Waals surface area (Å²) in [4.78, 5) is 26.9. The van der Waals surface area contributed by atoms with Crippen LogP contribution in [-0.4, -0.2) is 57.9 Å². The number of aromatic amines is 1. The van der Waals surface area contributed by atoms with Gasteiger partial charge in [0.25, 0.3) is 14.1 Å². The third kappa shape index (κ3) is 8.08. The molecule has 2 heterocycles. The van der Waals surface area contributed by atoms with Crippen LogP contribution in [0.1, 0.15) is 57.0 Å². The number of nitrogens with zero attached hydrogens (tertiary/aromatic N) is 3. The molecule has 1 aliphatic heterocycles. The number of alkyl halides is 1. The Bertz CT molecular complexity index is 1680. The lowest BCUT2D eigenvalue weighted by molar-refractivity contribution is -0.0934. The minimum absolute atomic E-state index is 0.0391. The Hall–Kier alpha value is -4.01. The maximum atomic E-state index is 16.8. The van der Waals surface area contributed by atoms with E-state index in [0.29, 0.717) is 0 Å². The number of rotatable bonds is 15. The third-order valence-electron chi connectivity index (χ3n) is 8.27. The second kappa shape index (κ2) is 16.6. The number of benzene rings is 3. The van der Waals surface area contributed by atoms with Crippen molar-refractivity contribution in [3.63, 3.8) is 0 Å². The van der Waals surface area contributed by atoms with E-state index in [4.69, 9.17) is 18.5 Å². The highest BCUT2D eigenvalue weighted by Crippen LogP contribution is 2.51. The summed E-state index contributed by atoms with van der Waals surface area (Å²) in [6.45, 7) is 7.89. The van der Waals surface area contributed by atoms with Crippen LogP contribution in [0.4, 0.5) is 4.39 Å². The summed E-state index contributed by atoms with van der Waals surface area (Å²) in [6.07, 6.45) is -4.23. The maximum Gasteiger partial charge on any atom is 0.330 e. The summed E-state index contributed by atoms with van der Waals surface area (Å²) in [5.41, 5.74) is -0.0135. The lowest BCUT2D eigenvalue weighted by atomic mass is 9.80. The highest BCUT2D eigenvalue weighted by atomic mass is 31.2. The van der Waals surface area contributed by atoms with E-state index >= 15 is 4.39 Å². The van der Waals surface area contributed by atoms with Gasteiger partial charge in [-0.3, -0.25) is 14.3 Å². The van der Waals surface area contributed by atoms with Crippen LogP contribution in [0.2, 0.25) is 0 Å². The van der Waals surface area contributed by atoms with E-state index in [1.54, 1.807) is 0 Å². The quantitative estimate of drug-likeness (QED) is 0.0862. The number of aromatic nitrogens is 2. The molecular weight excluding hydrogens is 646 g/mol. The standard InChI is InChI=1S/C37H42FN4O6P/c1-26(2)42(27(3)4)49(46-24-14-22-39)48-34-31(47-35(33(34)38)41-23-21-32(43)40-36(41)44)25-45-37(28-15-8-5-9-16-28,29-17-10-6-11-18-29)30-19-12-7-13-20-30/h5-13,15-21,23,26-27,31,33-35H,14,24-25H2,1-4H3,(H,40,43,44)/t31-,33?,34+,35-,49?/m1/s1. The molecule has 0 bridgehead atoms. The van der Waals surface area contributed by atoms with Crippen LogP contribution >= 0.6 is 8.53 Å². The summed E-state index contributed by atoms with van der Waals surface area (Å²) in [7, 11) is -1.89. The molecule has 0 spiro atoms. The molecule has 1 aromatic heterocycles. The van der Waals surface area contributed by atoms with Gasteiger partial charge in [0.2, 0.25) is 0 Å². The van der Waals surface area contributed by atoms with Crippen molar-refractivity contribution in [3.05, 3.63) is 141 Å².